The number of anilines is 1. The number of alkyl halides is 3. The number of ether oxygens (including phenoxy) is 2. The minimum absolute atomic E-state index is 0.0629. The molecular weight excluding hydrogens is 513 g/mol. The smallest absolute Gasteiger partial charge is 0.466 e. The molecule has 33 heavy (non-hydrogen) atoms. The van der Waals surface area contributed by atoms with Crippen LogP contribution in [0.5, 0.6) is 5.75 Å². The molecule has 0 spiro atoms. The molecule has 0 saturated carbocycles. The molecule has 0 unspecified atom stereocenters. The Hall–Kier alpha value is -3.09. The van der Waals surface area contributed by atoms with Gasteiger partial charge in [-0.15, -0.1) is 13.2 Å². The van der Waals surface area contributed by atoms with Crippen molar-refractivity contribution < 1.29 is 37.0 Å². The van der Waals surface area contributed by atoms with Crippen LogP contribution in [0.3, 0.4) is 0 Å². The summed E-state index contributed by atoms with van der Waals surface area (Å²) in [5.41, 5.74) is 0.170. The first-order valence-corrected chi connectivity index (χ1v) is 10.7. The highest BCUT2D eigenvalue weighted by molar-refractivity contribution is 9.10. The van der Waals surface area contributed by atoms with Gasteiger partial charge in [0.25, 0.3) is 5.91 Å². The SMILES string of the molecule is CCOC(=O)CCCCCNC(=O)n1ccc(C(=O)N(Br)c2ccc(OC(F)(F)F)cc2)n1. The number of nitrogens with zero attached hydrogens (tertiary/aromatic N) is 3. The maximum Gasteiger partial charge on any atom is 0.573 e. The number of amides is 2. The topological polar surface area (TPSA) is 103 Å². The molecule has 0 atom stereocenters. The van der Waals surface area contributed by atoms with Gasteiger partial charge in [0.1, 0.15) is 5.75 Å². The van der Waals surface area contributed by atoms with E-state index in [1.165, 1.54) is 24.4 Å². The molecule has 0 bridgehead atoms. The fourth-order valence-electron chi connectivity index (χ4n) is 2.63. The van der Waals surface area contributed by atoms with Crippen LogP contribution in [0.1, 0.15) is 43.1 Å². The van der Waals surface area contributed by atoms with Gasteiger partial charge < -0.3 is 14.8 Å². The predicted molar refractivity (Wildman–Crippen MR) is 115 cm³/mol. The fourth-order valence-corrected chi connectivity index (χ4v) is 3.05. The van der Waals surface area contributed by atoms with Crippen molar-refractivity contribution in [3.8, 4) is 5.75 Å². The van der Waals surface area contributed by atoms with E-state index < -0.39 is 24.1 Å². The Morgan fingerprint density at radius 2 is 1.82 bits per heavy atom. The molecule has 1 aromatic heterocycles. The minimum Gasteiger partial charge on any atom is -0.466 e. The molecule has 2 rings (SSSR count). The molecule has 13 heteroatoms. The lowest BCUT2D eigenvalue weighted by molar-refractivity contribution is -0.274. The summed E-state index contributed by atoms with van der Waals surface area (Å²) in [6, 6.07) is 5.41. The molecule has 1 aromatic carbocycles. The Morgan fingerprint density at radius 3 is 2.45 bits per heavy atom. The van der Waals surface area contributed by atoms with Crippen molar-refractivity contribution in [1.29, 1.82) is 0 Å². The Balaban J connectivity index is 1.82. The highest BCUT2D eigenvalue weighted by atomic mass is 79.9. The number of rotatable bonds is 10. The maximum absolute atomic E-state index is 12.6. The quantitative estimate of drug-likeness (QED) is 0.275. The zero-order chi connectivity index (χ0) is 24.4. The van der Waals surface area contributed by atoms with Crippen LogP contribution in [0.15, 0.2) is 36.5 Å². The van der Waals surface area contributed by atoms with E-state index in [1.54, 1.807) is 6.92 Å². The van der Waals surface area contributed by atoms with Gasteiger partial charge >= 0.3 is 18.4 Å². The van der Waals surface area contributed by atoms with Crippen LogP contribution in [-0.4, -0.2) is 47.2 Å². The number of carbonyl (C=O) groups excluding carboxylic acids is 3. The first-order chi connectivity index (χ1) is 15.6. The third kappa shape index (κ3) is 8.75. The first-order valence-electron chi connectivity index (χ1n) is 9.96. The molecule has 2 amide bonds. The molecular formula is C20H22BrF3N4O5. The van der Waals surface area contributed by atoms with E-state index in [2.05, 4.69) is 31.3 Å². The second kappa shape index (κ2) is 12.2. The largest absolute Gasteiger partial charge is 0.573 e. The molecule has 0 aliphatic heterocycles. The normalized spacial score (nSPS) is 11.1. The highest BCUT2D eigenvalue weighted by Gasteiger charge is 2.31. The summed E-state index contributed by atoms with van der Waals surface area (Å²) in [7, 11) is 0. The van der Waals surface area contributed by atoms with Crippen LogP contribution in [0, 0.1) is 0 Å². The number of benzene rings is 1. The van der Waals surface area contributed by atoms with E-state index in [9.17, 15) is 27.6 Å². The van der Waals surface area contributed by atoms with E-state index in [0.717, 1.165) is 27.2 Å². The predicted octanol–water partition coefficient (Wildman–Crippen LogP) is 4.42. The van der Waals surface area contributed by atoms with Crippen LogP contribution in [0.25, 0.3) is 0 Å². The number of nitrogens with one attached hydrogen (secondary N) is 1. The third-order valence-electron chi connectivity index (χ3n) is 4.13. The van der Waals surface area contributed by atoms with Gasteiger partial charge in [-0.3, -0.25) is 9.59 Å². The van der Waals surface area contributed by atoms with E-state index >= 15 is 0 Å². The number of hydrogen-bond donors (Lipinski definition) is 1. The van der Waals surface area contributed by atoms with Crippen molar-refractivity contribution in [2.45, 2.75) is 39.0 Å². The van der Waals surface area contributed by atoms with E-state index in [-0.39, 0.29) is 17.4 Å². The van der Waals surface area contributed by atoms with Gasteiger partial charge in [0.15, 0.2) is 5.69 Å². The van der Waals surface area contributed by atoms with Crippen LogP contribution >= 0.6 is 16.1 Å². The van der Waals surface area contributed by atoms with Crippen LogP contribution < -0.4 is 14.0 Å². The lowest BCUT2D eigenvalue weighted by Gasteiger charge is -2.14. The average molecular weight is 535 g/mol. The molecule has 1 heterocycles. The zero-order valence-corrected chi connectivity index (χ0v) is 19.2. The fraction of sp³-hybridized carbons (Fsp3) is 0.400. The summed E-state index contributed by atoms with van der Waals surface area (Å²) >= 11 is 3.04. The molecule has 0 aliphatic carbocycles. The summed E-state index contributed by atoms with van der Waals surface area (Å²) in [6.07, 6.45) is -1.15. The van der Waals surface area contributed by atoms with Crippen LogP contribution in [0.4, 0.5) is 23.7 Å². The number of esters is 1. The molecule has 2 aromatic rings. The minimum atomic E-state index is -4.82. The first kappa shape index (κ1) is 26.2. The van der Waals surface area contributed by atoms with Crippen molar-refractivity contribution in [3.63, 3.8) is 0 Å². The molecule has 9 nitrogen and oxygen atoms in total. The zero-order valence-electron chi connectivity index (χ0n) is 17.6. The molecule has 0 aliphatic rings. The summed E-state index contributed by atoms with van der Waals surface area (Å²) in [5.74, 6) is -1.31. The summed E-state index contributed by atoms with van der Waals surface area (Å²) in [4.78, 5) is 36.0. The summed E-state index contributed by atoms with van der Waals surface area (Å²) < 4.78 is 47.3. The van der Waals surface area contributed by atoms with Crippen molar-refractivity contribution in [2.24, 2.45) is 0 Å². The van der Waals surface area contributed by atoms with Crippen molar-refractivity contribution in [1.82, 2.24) is 15.1 Å². The van der Waals surface area contributed by atoms with E-state index in [1.807, 2.05) is 0 Å². The van der Waals surface area contributed by atoms with Gasteiger partial charge in [0.2, 0.25) is 0 Å². The van der Waals surface area contributed by atoms with Crippen molar-refractivity contribution in [3.05, 3.63) is 42.2 Å². The number of hydrogen-bond acceptors (Lipinski definition) is 6. The standard InChI is InChI=1S/C20H22BrF3N4O5/c1-2-32-17(29)6-4-3-5-12-25-19(31)27-13-11-16(26-27)18(30)28(21)14-7-9-15(10-8-14)33-20(22,23)24/h7-11,13H,2-6,12H2,1H3,(H,25,31). The van der Waals surface area contributed by atoms with Gasteiger partial charge in [0.05, 0.1) is 28.4 Å². The Labute approximate surface area is 196 Å². The van der Waals surface area contributed by atoms with E-state index in [4.69, 9.17) is 4.74 Å². The van der Waals surface area contributed by atoms with Gasteiger partial charge in [0, 0.05) is 19.2 Å². The lowest BCUT2D eigenvalue weighted by atomic mass is 10.2. The average Bonchev–Trinajstić information content (AvgIpc) is 3.25. The number of unbranched alkanes of at least 4 members (excludes halogenated alkanes) is 2. The third-order valence-corrected chi connectivity index (χ3v) is 4.86. The van der Waals surface area contributed by atoms with Gasteiger partial charge in [-0.25, -0.2) is 8.72 Å². The monoisotopic (exact) mass is 534 g/mol. The van der Waals surface area contributed by atoms with Crippen molar-refractivity contribution in [2.75, 3.05) is 17.1 Å². The summed E-state index contributed by atoms with van der Waals surface area (Å²) in [5, 5.41) is 6.58. The van der Waals surface area contributed by atoms with Crippen LogP contribution in [-0.2, 0) is 9.53 Å². The lowest BCUT2D eigenvalue weighted by Crippen LogP contribution is -2.30. The molecule has 0 fully saturated rings. The Bertz CT molecular complexity index is 950. The second-order valence-electron chi connectivity index (χ2n) is 6.62. The number of aromatic nitrogens is 2. The molecule has 1 N–H and O–H groups in total. The molecule has 0 radical (unpaired) electrons. The van der Waals surface area contributed by atoms with Gasteiger partial charge in [-0.05, 0) is 50.1 Å². The van der Waals surface area contributed by atoms with Crippen LogP contribution in [0.2, 0.25) is 0 Å². The Kier molecular flexibility index (Phi) is 9.70. The Morgan fingerprint density at radius 1 is 1.12 bits per heavy atom. The van der Waals surface area contributed by atoms with Crippen molar-refractivity contribution >= 4 is 39.7 Å². The number of carbonyl (C=O) groups is 3. The maximum atomic E-state index is 12.6. The highest BCUT2D eigenvalue weighted by Crippen LogP contribution is 2.27. The number of halogens is 4. The summed E-state index contributed by atoms with van der Waals surface area (Å²) in [6.45, 7) is 2.45. The second-order valence-corrected chi connectivity index (χ2v) is 7.33. The van der Waals surface area contributed by atoms with Gasteiger partial charge in [-0.2, -0.15) is 9.78 Å². The molecule has 0 saturated heterocycles. The molecule has 180 valence electrons. The van der Waals surface area contributed by atoms with E-state index in [0.29, 0.717) is 32.4 Å². The van der Waals surface area contributed by atoms with Gasteiger partial charge in [-0.1, -0.05) is 6.42 Å².